The van der Waals surface area contributed by atoms with Crippen LogP contribution in [0.5, 0.6) is 5.75 Å². The summed E-state index contributed by atoms with van der Waals surface area (Å²) in [5.74, 6) is 0.635. The molecule has 5 rings (SSSR count). The van der Waals surface area contributed by atoms with Gasteiger partial charge >= 0.3 is 0 Å². The maximum absolute atomic E-state index is 13.3. The van der Waals surface area contributed by atoms with Gasteiger partial charge in [0, 0.05) is 28.7 Å². The third-order valence-electron chi connectivity index (χ3n) is 5.86. The number of hydrogen-bond acceptors (Lipinski definition) is 4. The molecule has 2 heterocycles. The highest BCUT2D eigenvalue weighted by Gasteiger charge is 2.33. The predicted molar refractivity (Wildman–Crippen MR) is 141 cm³/mol. The van der Waals surface area contributed by atoms with Crippen LogP contribution in [0.25, 0.3) is 17.0 Å². The summed E-state index contributed by atoms with van der Waals surface area (Å²) in [7, 11) is 1.62. The van der Waals surface area contributed by atoms with Crippen molar-refractivity contribution in [2.45, 2.75) is 13.5 Å². The zero-order chi connectivity index (χ0) is 22.9. The summed E-state index contributed by atoms with van der Waals surface area (Å²) < 4.78 is 8.07. The number of ether oxygens (including phenoxy) is 1. The van der Waals surface area contributed by atoms with Gasteiger partial charge in [-0.1, -0.05) is 72.5 Å². The van der Waals surface area contributed by atoms with Crippen molar-refractivity contribution < 1.29 is 9.53 Å². The molecule has 4 aromatic rings. The summed E-state index contributed by atoms with van der Waals surface area (Å²) in [5.41, 5.74) is 5.30. The lowest BCUT2D eigenvalue weighted by molar-refractivity contribution is -0.113. The minimum atomic E-state index is -0.102. The first-order chi connectivity index (χ1) is 16.1. The molecule has 33 heavy (non-hydrogen) atoms. The Morgan fingerprint density at radius 1 is 0.970 bits per heavy atom. The molecule has 1 saturated heterocycles. The van der Waals surface area contributed by atoms with E-state index in [1.54, 1.807) is 12.0 Å². The number of carbonyl (C=O) groups excluding carboxylic acids is 1. The van der Waals surface area contributed by atoms with Gasteiger partial charge in [-0.25, -0.2) is 0 Å². The largest absolute Gasteiger partial charge is 0.497 e. The Labute approximate surface area is 202 Å². The third kappa shape index (κ3) is 3.96. The molecular formula is C27H22N2O2S2. The number of benzene rings is 3. The molecule has 1 aliphatic heterocycles. The van der Waals surface area contributed by atoms with Gasteiger partial charge < -0.3 is 9.30 Å². The Balaban J connectivity index is 1.54. The van der Waals surface area contributed by atoms with Crippen molar-refractivity contribution in [1.82, 2.24) is 4.57 Å². The van der Waals surface area contributed by atoms with E-state index < -0.39 is 0 Å². The van der Waals surface area contributed by atoms with E-state index in [2.05, 4.69) is 54.0 Å². The van der Waals surface area contributed by atoms with Crippen LogP contribution in [-0.2, 0) is 11.3 Å². The van der Waals surface area contributed by atoms with Crippen LogP contribution in [0, 0.1) is 6.92 Å². The lowest BCUT2D eigenvalue weighted by Gasteiger charge is -2.14. The van der Waals surface area contributed by atoms with Crippen LogP contribution in [0.2, 0.25) is 0 Å². The molecule has 1 aliphatic rings. The molecule has 0 radical (unpaired) electrons. The summed E-state index contributed by atoms with van der Waals surface area (Å²) in [4.78, 5) is 15.5. The van der Waals surface area contributed by atoms with Crippen molar-refractivity contribution >= 4 is 56.9 Å². The van der Waals surface area contributed by atoms with Crippen LogP contribution in [0.15, 0.2) is 83.8 Å². The molecule has 0 unspecified atom stereocenters. The second-order valence-electron chi connectivity index (χ2n) is 7.80. The van der Waals surface area contributed by atoms with Gasteiger partial charge in [0.15, 0.2) is 4.32 Å². The lowest BCUT2D eigenvalue weighted by atomic mass is 10.1. The number of anilines is 1. The van der Waals surface area contributed by atoms with Gasteiger partial charge in [0.2, 0.25) is 0 Å². The molecular weight excluding hydrogens is 448 g/mol. The number of thioether (sulfide) groups is 1. The summed E-state index contributed by atoms with van der Waals surface area (Å²) in [6.45, 7) is 2.88. The van der Waals surface area contributed by atoms with Gasteiger partial charge in [0.05, 0.1) is 17.7 Å². The maximum Gasteiger partial charge on any atom is 0.270 e. The summed E-state index contributed by atoms with van der Waals surface area (Å²) >= 11 is 6.91. The van der Waals surface area contributed by atoms with Crippen molar-refractivity contribution in [2.24, 2.45) is 0 Å². The zero-order valence-corrected chi connectivity index (χ0v) is 20.0. The Hall–Kier alpha value is -3.35. The van der Waals surface area contributed by atoms with Gasteiger partial charge in [0.1, 0.15) is 5.75 Å². The Morgan fingerprint density at radius 3 is 2.39 bits per heavy atom. The normalized spacial score (nSPS) is 15.1. The molecule has 4 nitrogen and oxygen atoms in total. The standard InChI is InChI=1S/C27H22N2O2S2/c1-18-23(22-10-6-7-11-24(22)28(18)17-19-8-4-3-5-9-19)16-25-26(30)29(27(32)33-25)20-12-14-21(31-2)15-13-20/h3-16H,17H2,1-2H3/b25-16+. The molecule has 3 aromatic carbocycles. The van der Waals surface area contributed by atoms with Crippen molar-refractivity contribution in [2.75, 3.05) is 12.0 Å². The quantitative estimate of drug-likeness (QED) is 0.249. The first-order valence-corrected chi connectivity index (χ1v) is 11.8. The van der Waals surface area contributed by atoms with Gasteiger partial charge in [0.25, 0.3) is 5.91 Å². The number of rotatable bonds is 5. The van der Waals surface area contributed by atoms with Crippen LogP contribution in [0.1, 0.15) is 16.8 Å². The molecule has 0 bridgehead atoms. The first-order valence-electron chi connectivity index (χ1n) is 10.6. The maximum atomic E-state index is 13.3. The number of methoxy groups -OCH3 is 1. The number of aromatic nitrogens is 1. The fraction of sp³-hybridized carbons (Fsp3) is 0.111. The SMILES string of the molecule is COc1ccc(N2C(=O)/C(=C\c3c(C)n(Cc4ccccc4)c4ccccc34)SC2=S)cc1. The van der Waals surface area contributed by atoms with E-state index in [0.29, 0.717) is 9.23 Å². The first kappa shape index (κ1) is 21.5. The Bertz CT molecular complexity index is 1390. The predicted octanol–water partition coefficient (Wildman–Crippen LogP) is 6.41. The number of fused-ring (bicyclic) bond motifs is 1. The number of para-hydroxylation sites is 1. The van der Waals surface area contributed by atoms with Crippen LogP contribution < -0.4 is 9.64 Å². The van der Waals surface area contributed by atoms with E-state index in [-0.39, 0.29) is 5.91 Å². The topological polar surface area (TPSA) is 34.5 Å². The van der Waals surface area contributed by atoms with Gasteiger partial charge in [-0.05, 0) is 48.9 Å². The smallest absolute Gasteiger partial charge is 0.270 e. The van der Waals surface area contributed by atoms with Gasteiger partial charge in [-0.15, -0.1) is 0 Å². The summed E-state index contributed by atoms with van der Waals surface area (Å²) in [6, 6.07) is 26.1. The van der Waals surface area contributed by atoms with E-state index in [4.69, 9.17) is 17.0 Å². The van der Waals surface area contributed by atoms with E-state index in [9.17, 15) is 4.79 Å². The van der Waals surface area contributed by atoms with Crippen LogP contribution in [0.3, 0.4) is 0 Å². The highest BCUT2D eigenvalue weighted by atomic mass is 32.2. The minimum Gasteiger partial charge on any atom is -0.497 e. The number of amides is 1. The second-order valence-corrected chi connectivity index (χ2v) is 9.48. The van der Waals surface area contributed by atoms with Crippen LogP contribution in [0.4, 0.5) is 5.69 Å². The summed E-state index contributed by atoms with van der Waals surface area (Å²) in [6.07, 6.45) is 1.99. The fourth-order valence-electron chi connectivity index (χ4n) is 4.16. The number of thiocarbonyl (C=S) groups is 1. The average Bonchev–Trinajstić information content (AvgIpc) is 3.27. The van der Waals surface area contributed by atoms with Crippen LogP contribution in [-0.4, -0.2) is 21.9 Å². The van der Waals surface area contributed by atoms with E-state index in [1.807, 2.05) is 42.5 Å². The minimum absolute atomic E-state index is 0.102. The van der Waals surface area contributed by atoms with Gasteiger partial charge in [-0.2, -0.15) is 0 Å². The second kappa shape index (κ2) is 8.89. The third-order valence-corrected chi connectivity index (χ3v) is 7.17. The number of hydrogen-bond donors (Lipinski definition) is 0. The molecule has 0 atom stereocenters. The Kier molecular flexibility index (Phi) is 5.79. The van der Waals surface area contributed by atoms with E-state index in [1.165, 1.54) is 17.3 Å². The van der Waals surface area contributed by atoms with E-state index >= 15 is 0 Å². The Morgan fingerprint density at radius 2 is 1.67 bits per heavy atom. The number of nitrogens with zero attached hydrogens (tertiary/aromatic N) is 2. The molecule has 164 valence electrons. The molecule has 0 saturated carbocycles. The number of carbonyl (C=O) groups is 1. The molecule has 1 aromatic heterocycles. The molecule has 6 heteroatoms. The molecule has 0 N–H and O–H groups in total. The molecule has 0 aliphatic carbocycles. The molecule has 1 fully saturated rings. The van der Waals surface area contributed by atoms with Crippen molar-refractivity contribution in [3.8, 4) is 5.75 Å². The van der Waals surface area contributed by atoms with Crippen molar-refractivity contribution in [1.29, 1.82) is 0 Å². The monoisotopic (exact) mass is 470 g/mol. The molecule has 1 amide bonds. The van der Waals surface area contributed by atoms with Crippen LogP contribution >= 0.6 is 24.0 Å². The fourth-order valence-corrected chi connectivity index (χ4v) is 5.44. The van der Waals surface area contributed by atoms with Gasteiger partial charge in [-0.3, -0.25) is 9.69 Å². The highest BCUT2D eigenvalue weighted by Crippen LogP contribution is 2.38. The lowest BCUT2D eigenvalue weighted by Crippen LogP contribution is -2.27. The zero-order valence-electron chi connectivity index (χ0n) is 18.3. The van der Waals surface area contributed by atoms with Crippen molar-refractivity contribution in [3.05, 3.63) is 101 Å². The van der Waals surface area contributed by atoms with Crippen molar-refractivity contribution in [3.63, 3.8) is 0 Å². The summed E-state index contributed by atoms with van der Waals surface area (Å²) in [5, 5.41) is 1.13. The van der Waals surface area contributed by atoms with E-state index in [0.717, 1.165) is 40.1 Å². The average molecular weight is 471 g/mol. The molecule has 0 spiro atoms. The highest BCUT2D eigenvalue weighted by molar-refractivity contribution is 8.27.